The predicted octanol–water partition coefficient (Wildman–Crippen LogP) is 1.88. The van der Waals surface area contributed by atoms with E-state index in [2.05, 4.69) is 14.7 Å². The fraction of sp³-hybridized carbons (Fsp3) is 0.692. The number of hydrogen-bond acceptors (Lipinski definition) is 6. The van der Waals surface area contributed by atoms with Gasteiger partial charge in [0.05, 0.1) is 24.0 Å². The lowest BCUT2D eigenvalue weighted by molar-refractivity contribution is 0.0574. The van der Waals surface area contributed by atoms with Gasteiger partial charge in [-0.25, -0.2) is 9.52 Å². The van der Waals surface area contributed by atoms with E-state index in [1.807, 2.05) is 52.4 Å². The van der Waals surface area contributed by atoms with Crippen LogP contribution in [-0.4, -0.2) is 53.6 Å². The number of hydrogen-bond donors (Lipinski definition) is 1. The second kappa shape index (κ2) is 7.56. The van der Waals surface area contributed by atoms with E-state index in [0.717, 1.165) is 18.8 Å². The van der Waals surface area contributed by atoms with Gasteiger partial charge in [0.2, 0.25) is 0 Å². The average molecular weight is 315 g/mol. The molecular formula is C13H25N5O2S. The number of amides is 1. The maximum absolute atomic E-state index is 11.7. The summed E-state index contributed by atoms with van der Waals surface area (Å²) in [5, 5.41) is 4.16. The van der Waals surface area contributed by atoms with Crippen molar-refractivity contribution in [1.82, 2.24) is 19.4 Å². The fourth-order valence-corrected chi connectivity index (χ4v) is 2.05. The Kier molecular flexibility index (Phi) is 6.35. The minimum absolute atomic E-state index is 0.453. The molecule has 1 aromatic heterocycles. The highest BCUT2D eigenvalue weighted by Crippen LogP contribution is 2.19. The summed E-state index contributed by atoms with van der Waals surface area (Å²) in [7, 11) is 5.88. The Hall–Kier alpha value is -1.41. The number of likely N-dealkylation sites (N-methyl/N-ethyl adjacent to an activating group) is 1. The molecule has 8 heteroatoms. The Morgan fingerprint density at radius 3 is 2.57 bits per heavy atom. The van der Waals surface area contributed by atoms with Crippen molar-refractivity contribution in [3.05, 3.63) is 12.4 Å². The maximum Gasteiger partial charge on any atom is 0.419 e. The van der Waals surface area contributed by atoms with E-state index in [0.29, 0.717) is 0 Å². The smallest absolute Gasteiger partial charge is 0.419 e. The quantitative estimate of drug-likeness (QED) is 0.809. The summed E-state index contributed by atoms with van der Waals surface area (Å²) in [6.45, 7) is 7.11. The van der Waals surface area contributed by atoms with Crippen LogP contribution in [-0.2, 0) is 11.8 Å². The zero-order valence-corrected chi connectivity index (χ0v) is 14.4. The number of aryl methyl sites for hydroxylation is 1. The molecule has 1 N–H and O–H groups in total. The number of nitrogens with one attached hydrogen (secondary N) is 1. The first-order valence-corrected chi connectivity index (χ1v) is 7.51. The first kappa shape index (κ1) is 17.6. The van der Waals surface area contributed by atoms with Gasteiger partial charge >= 0.3 is 6.09 Å². The highest BCUT2D eigenvalue weighted by molar-refractivity contribution is 7.99. The van der Waals surface area contributed by atoms with Gasteiger partial charge in [0.15, 0.2) is 0 Å². The van der Waals surface area contributed by atoms with Gasteiger partial charge in [-0.1, -0.05) is 0 Å². The molecule has 0 saturated carbocycles. The van der Waals surface area contributed by atoms with Crippen molar-refractivity contribution in [2.75, 3.05) is 31.5 Å². The highest BCUT2D eigenvalue weighted by Gasteiger charge is 2.18. The third-order valence-corrected chi connectivity index (χ3v) is 3.24. The zero-order valence-electron chi connectivity index (χ0n) is 13.6. The third kappa shape index (κ3) is 7.24. The van der Waals surface area contributed by atoms with Crippen LogP contribution < -0.4 is 9.03 Å². The first-order chi connectivity index (χ1) is 9.67. The second-order valence-corrected chi connectivity index (χ2v) is 6.80. The van der Waals surface area contributed by atoms with Gasteiger partial charge < -0.3 is 9.64 Å². The molecule has 21 heavy (non-hydrogen) atoms. The van der Waals surface area contributed by atoms with Crippen LogP contribution >= 0.6 is 12.1 Å². The van der Waals surface area contributed by atoms with E-state index in [1.165, 1.54) is 12.1 Å². The molecule has 0 atom stereocenters. The van der Waals surface area contributed by atoms with Crippen LogP contribution in [0.15, 0.2) is 12.4 Å². The van der Waals surface area contributed by atoms with Gasteiger partial charge in [0, 0.05) is 26.3 Å². The lowest BCUT2D eigenvalue weighted by Gasteiger charge is -2.24. The van der Waals surface area contributed by atoms with Crippen LogP contribution in [0.3, 0.4) is 0 Å². The number of rotatable bonds is 6. The molecule has 0 aliphatic heterocycles. The molecule has 0 spiro atoms. The van der Waals surface area contributed by atoms with E-state index >= 15 is 0 Å². The minimum atomic E-state index is -0.507. The predicted molar refractivity (Wildman–Crippen MR) is 86.1 cm³/mol. The molecule has 0 saturated heterocycles. The molecule has 1 amide bonds. The number of ether oxygens (including phenoxy) is 1. The molecule has 0 bridgehead atoms. The van der Waals surface area contributed by atoms with E-state index < -0.39 is 11.7 Å². The largest absolute Gasteiger partial charge is 0.443 e. The SMILES string of the molecule is CN(C)CCN(SNC(=O)OC(C)(C)C)c1cnn(C)c1. The highest BCUT2D eigenvalue weighted by atomic mass is 32.2. The van der Waals surface area contributed by atoms with E-state index in [-0.39, 0.29) is 0 Å². The lowest BCUT2D eigenvalue weighted by atomic mass is 10.2. The van der Waals surface area contributed by atoms with Gasteiger partial charge in [0.25, 0.3) is 0 Å². The standard InChI is InChI=1S/C13H25N5O2S/c1-13(2,3)20-12(19)15-21-18(8-7-16(4)5)11-9-14-17(6)10-11/h9-10H,7-8H2,1-6H3,(H,15,19). The molecule has 0 fully saturated rings. The normalized spacial score (nSPS) is 11.6. The van der Waals surface area contributed by atoms with Gasteiger partial charge in [-0.15, -0.1) is 0 Å². The van der Waals surface area contributed by atoms with Crippen molar-refractivity contribution in [3.63, 3.8) is 0 Å². The molecule has 120 valence electrons. The number of aromatic nitrogens is 2. The first-order valence-electron chi connectivity index (χ1n) is 6.74. The summed E-state index contributed by atoms with van der Waals surface area (Å²) < 4.78 is 11.6. The molecular weight excluding hydrogens is 290 g/mol. The Labute approximate surface area is 130 Å². The molecule has 0 radical (unpaired) electrons. The van der Waals surface area contributed by atoms with E-state index in [4.69, 9.17) is 4.74 Å². The third-order valence-electron chi connectivity index (χ3n) is 2.37. The van der Waals surface area contributed by atoms with Crippen molar-refractivity contribution in [3.8, 4) is 0 Å². The van der Waals surface area contributed by atoms with Crippen LogP contribution in [0.2, 0.25) is 0 Å². The number of anilines is 1. The summed E-state index contributed by atoms with van der Waals surface area (Å²) in [6, 6.07) is 0. The summed E-state index contributed by atoms with van der Waals surface area (Å²) >= 11 is 1.21. The zero-order chi connectivity index (χ0) is 16.0. The summed E-state index contributed by atoms with van der Waals surface area (Å²) in [5.74, 6) is 0. The molecule has 7 nitrogen and oxygen atoms in total. The summed E-state index contributed by atoms with van der Waals surface area (Å²) in [5.41, 5.74) is 0.424. The summed E-state index contributed by atoms with van der Waals surface area (Å²) in [4.78, 5) is 13.8. The van der Waals surface area contributed by atoms with Crippen LogP contribution in [0.25, 0.3) is 0 Å². The molecule has 1 heterocycles. The number of nitrogens with zero attached hydrogens (tertiary/aromatic N) is 4. The Morgan fingerprint density at radius 1 is 1.43 bits per heavy atom. The maximum atomic E-state index is 11.7. The number of carbonyl (C=O) groups is 1. The van der Waals surface area contributed by atoms with E-state index in [9.17, 15) is 4.79 Å². The molecule has 0 aliphatic rings. The fourth-order valence-electron chi connectivity index (χ4n) is 1.45. The van der Waals surface area contributed by atoms with Crippen LogP contribution in [0.4, 0.5) is 10.5 Å². The van der Waals surface area contributed by atoms with Crippen LogP contribution in [0, 0.1) is 0 Å². The Morgan fingerprint density at radius 2 is 2.10 bits per heavy atom. The van der Waals surface area contributed by atoms with Crippen molar-refractivity contribution < 1.29 is 9.53 Å². The van der Waals surface area contributed by atoms with Gasteiger partial charge in [0.1, 0.15) is 5.60 Å². The van der Waals surface area contributed by atoms with Crippen molar-refractivity contribution in [2.45, 2.75) is 26.4 Å². The molecule has 0 aromatic carbocycles. The Bertz CT molecular complexity index is 456. The molecule has 0 unspecified atom stereocenters. The Balaban J connectivity index is 2.59. The van der Waals surface area contributed by atoms with E-state index in [1.54, 1.807) is 10.9 Å². The van der Waals surface area contributed by atoms with Crippen molar-refractivity contribution in [2.24, 2.45) is 7.05 Å². The summed E-state index contributed by atoms with van der Waals surface area (Å²) in [6.07, 6.45) is 3.21. The minimum Gasteiger partial charge on any atom is -0.443 e. The topological polar surface area (TPSA) is 62.6 Å². The lowest BCUT2D eigenvalue weighted by Crippen LogP contribution is -2.34. The monoisotopic (exact) mass is 315 g/mol. The molecule has 1 rings (SSSR count). The van der Waals surface area contributed by atoms with Gasteiger partial charge in [-0.2, -0.15) is 5.10 Å². The van der Waals surface area contributed by atoms with Crippen LogP contribution in [0.1, 0.15) is 20.8 Å². The molecule has 1 aromatic rings. The van der Waals surface area contributed by atoms with Crippen molar-refractivity contribution in [1.29, 1.82) is 0 Å². The number of carbonyl (C=O) groups excluding carboxylic acids is 1. The van der Waals surface area contributed by atoms with Gasteiger partial charge in [-0.3, -0.25) is 8.99 Å². The van der Waals surface area contributed by atoms with Crippen molar-refractivity contribution >= 4 is 23.9 Å². The second-order valence-electron chi connectivity index (χ2n) is 5.97. The average Bonchev–Trinajstić information content (AvgIpc) is 2.73. The van der Waals surface area contributed by atoms with Gasteiger partial charge in [-0.05, 0) is 34.9 Å². The molecule has 0 aliphatic carbocycles. The van der Waals surface area contributed by atoms with Crippen LogP contribution in [0.5, 0.6) is 0 Å².